The van der Waals surface area contributed by atoms with Crippen molar-refractivity contribution in [1.82, 2.24) is 10.1 Å². The van der Waals surface area contributed by atoms with Gasteiger partial charge in [0.05, 0.1) is 0 Å². The van der Waals surface area contributed by atoms with Gasteiger partial charge in [-0.2, -0.15) is 4.98 Å². The Morgan fingerprint density at radius 1 is 1.35 bits per heavy atom. The molecule has 1 heterocycles. The van der Waals surface area contributed by atoms with E-state index in [4.69, 9.17) is 9.26 Å². The number of aromatic nitrogens is 2. The van der Waals surface area contributed by atoms with Crippen molar-refractivity contribution in [2.45, 2.75) is 46.1 Å². The van der Waals surface area contributed by atoms with E-state index in [0.717, 1.165) is 28.6 Å². The Morgan fingerprint density at radius 2 is 2.15 bits per heavy atom. The second-order valence-electron chi connectivity index (χ2n) is 4.98. The van der Waals surface area contributed by atoms with Crippen molar-refractivity contribution in [1.29, 1.82) is 0 Å². The first-order valence-corrected chi connectivity index (χ1v) is 7.63. The maximum Gasteiger partial charge on any atom is 0.226 e. The zero-order valence-electron chi connectivity index (χ0n) is 12.0. The summed E-state index contributed by atoms with van der Waals surface area (Å²) in [6.45, 7) is 6.69. The molecular weight excluding hydrogens is 320 g/mol. The number of rotatable bonds is 6. The van der Waals surface area contributed by atoms with Crippen molar-refractivity contribution in [3.63, 3.8) is 0 Å². The maximum atomic E-state index is 5.83. The molecule has 0 aliphatic carbocycles. The number of ether oxygens (including phenoxy) is 1. The van der Waals surface area contributed by atoms with Crippen LogP contribution < -0.4 is 4.74 Å². The van der Waals surface area contributed by atoms with Gasteiger partial charge in [-0.05, 0) is 36.1 Å². The quantitative estimate of drug-likeness (QED) is 0.778. The SMILES string of the molecule is CCCc1nc(COc2ccc(Br)cc2C(C)C)no1. The highest BCUT2D eigenvalue weighted by Gasteiger charge is 2.11. The monoisotopic (exact) mass is 338 g/mol. The lowest BCUT2D eigenvalue weighted by molar-refractivity contribution is 0.281. The van der Waals surface area contributed by atoms with E-state index >= 15 is 0 Å². The van der Waals surface area contributed by atoms with Gasteiger partial charge in [-0.3, -0.25) is 0 Å². The van der Waals surface area contributed by atoms with Gasteiger partial charge >= 0.3 is 0 Å². The molecule has 0 aliphatic rings. The molecule has 0 saturated heterocycles. The zero-order chi connectivity index (χ0) is 14.5. The summed E-state index contributed by atoms with van der Waals surface area (Å²) < 4.78 is 12.0. The summed E-state index contributed by atoms with van der Waals surface area (Å²) in [6, 6.07) is 6.02. The van der Waals surface area contributed by atoms with E-state index in [9.17, 15) is 0 Å². The minimum Gasteiger partial charge on any atom is -0.485 e. The van der Waals surface area contributed by atoms with E-state index in [1.165, 1.54) is 0 Å². The molecule has 0 aliphatic heterocycles. The largest absolute Gasteiger partial charge is 0.485 e. The van der Waals surface area contributed by atoms with Gasteiger partial charge in [-0.1, -0.05) is 41.9 Å². The van der Waals surface area contributed by atoms with E-state index in [0.29, 0.717) is 24.2 Å². The third-order valence-electron chi connectivity index (χ3n) is 2.92. The van der Waals surface area contributed by atoms with E-state index < -0.39 is 0 Å². The highest BCUT2D eigenvalue weighted by Crippen LogP contribution is 2.29. The molecule has 1 aromatic heterocycles. The first kappa shape index (κ1) is 15.0. The van der Waals surface area contributed by atoms with Crippen molar-refractivity contribution in [3.8, 4) is 5.75 Å². The van der Waals surface area contributed by atoms with Crippen LogP contribution in [-0.2, 0) is 13.0 Å². The standard InChI is InChI=1S/C15H19BrN2O2/c1-4-5-15-17-14(18-20-15)9-19-13-7-6-11(16)8-12(13)10(2)3/h6-8,10H,4-5,9H2,1-3H3. The summed E-state index contributed by atoms with van der Waals surface area (Å²) in [6.07, 6.45) is 1.80. The van der Waals surface area contributed by atoms with E-state index in [-0.39, 0.29) is 0 Å². The normalized spacial score (nSPS) is 11.1. The van der Waals surface area contributed by atoms with Crippen molar-refractivity contribution in [3.05, 3.63) is 40.0 Å². The molecule has 108 valence electrons. The van der Waals surface area contributed by atoms with Crippen LogP contribution in [0.3, 0.4) is 0 Å². The maximum absolute atomic E-state index is 5.83. The fourth-order valence-corrected chi connectivity index (χ4v) is 2.29. The van der Waals surface area contributed by atoms with Crippen molar-refractivity contribution in [2.75, 3.05) is 0 Å². The third kappa shape index (κ3) is 3.82. The second-order valence-corrected chi connectivity index (χ2v) is 5.90. The Bertz CT molecular complexity index is 567. The van der Waals surface area contributed by atoms with Crippen LogP contribution in [-0.4, -0.2) is 10.1 Å². The van der Waals surface area contributed by atoms with E-state index in [2.05, 4.69) is 52.9 Å². The van der Waals surface area contributed by atoms with Gasteiger partial charge in [-0.25, -0.2) is 0 Å². The minimum atomic E-state index is 0.328. The summed E-state index contributed by atoms with van der Waals surface area (Å²) in [4.78, 5) is 4.30. The summed E-state index contributed by atoms with van der Waals surface area (Å²) in [5, 5.41) is 3.92. The van der Waals surface area contributed by atoms with Gasteiger partial charge in [-0.15, -0.1) is 0 Å². The average molecular weight is 339 g/mol. The van der Waals surface area contributed by atoms with Gasteiger partial charge in [0.1, 0.15) is 5.75 Å². The fraction of sp³-hybridized carbons (Fsp3) is 0.467. The smallest absolute Gasteiger partial charge is 0.226 e. The van der Waals surface area contributed by atoms with Crippen LogP contribution >= 0.6 is 15.9 Å². The Labute approximate surface area is 127 Å². The minimum absolute atomic E-state index is 0.328. The molecule has 2 aromatic rings. The summed E-state index contributed by atoms with van der Waals surface area (Å²) in [5.41, 5.74) is 1.16. The van der Waals surface area contributed by atoms with Crippen LogP contribution in [0, 0.1) is 0 Å². The first-order chi connectivity index (χ1) is 9.60. The lowest BCUT2D eigenvalue weighted by atomic mass is 10.0. The van der Waals surface area contributed by atoms with Gasteiger partial charge in [0.15, 0.2) is 6.61 Å². The second kappa shape index (κ2) is 6.88. The highest BCUT2D eigenvalue weighted by molar-refractivity contribution is 9.10. The number of hydrogen-bond acceptors (Lipinski definition) is 4. The van der Waals surface area contributed by atoms with Crippen molar-refractivity contribution in [2.24, 2.45) is 0 Å². The molecule has 0 N–H and O–H groups in total. The topological polar surface area (TPSA) is 48.2 Å². The number of halogens is 1. The van der Waals surface area contributed by atoms with Gasteiger partial charge < -0.3 is 9.26 Å². The Morgan fingerprint density at radius 3 is 2.85 bits per heavy atom. The van der Waals surface area contributed by atoms with Gasteiger partial charge in [0, 0.05) is 10.9 Å². The Balaban J connectivity index is 2.06. The molecule has 0 atom stereocenters. The molecule has 0 spiro atoms. The average Bonchev–Trinajstić information content (AvgIpc) is 2.85. The predicted molar refractivity (Wildman–Crippen MR) is 80.9 cm³/mol. The predicted octanol–water partition coefficient (Wildman–Crippen LogP) is 4.49. The Kier molecular flexibility index (Phi) is 5.17. The molecule has 5 heteroatoms. The number of nitrogens with zero attached hydrogens (tertiary/aromatic N) is 2. The lowest BCUT2D eigenvalue weighted by Gasteiger charge is -2.13. The van der Waals surface area contributed by atoms with E-state index in [1.54, 1.807) is 0 Å². The van der Waals surface area contributed by atoms with Crippen LogP contribution in [0.4, 0.5) is 0 Å². The van der Waals surface area contributed by atoms with Crippen LogP contribution in [0.5, 0.6) is 5.75 Å². The van der Waals surface area contributed by atoms with Crippen LogP contribution in [0.25, 0.3) is 0 Å². The molecule has 0 radical (unpaired) electrons. The molecule has 2 rings (SSSR count). The zero-order valence-corrected chi connectivity index (χ0v) is 13.6. The molecule has 0 fully saturated rings. The summed E-state index contributed by atoms with van der Waals surface area (Å²) >= 11 is 3.49. The molecule has 1 aromatic carbocycles. The third-order valence-corrected chi connectivity index (χ3v) is 3.42. The number of hydrogen-bond donors (Lipinski definition) is 0. The summed E-state index contributed by atoms with van der Waals surface area (Å²) in [5.74, 6) is 2.52. The van der Waals surface area contributed by atoms with Crippen LogP contribution in [0.1, 0.15) is 50.4 Å². The van der Waals surface area contributed by atoms with Gasteiger partial charge in [0.25, 0.3) is 0 Å². The fourth-order valence-electron chi connectivity index (χ4n) is 1.91. The molecule has 4 nitrogen and oxygen atoms in total. The molecule has 0 saturated carbocycles. The highest BCUT2D eigenvalue weighted by atomic mass is 79.9. The molecule has 0 amide bonds. The first-order valence-electron chi connectivity index (χ1n) is 6.83. The van der Waals surface area contributed by atoms with Crippen LogP contribution in [0.2, 0.25) is 0 Å². The van der Waals surface area contributed by atoms with E-state index in [1.807, 2.05) is 12.1 Å². The molecule has 0 bridgehead atoms. The van der Waals surface area contributed by atoms with Crippen molar-refractivity contribution >= 4 is 15.9 Å². The Hall–Kier alpha value is -1.36. The molecular formula is C15H19BrN2O2. The van der Waals surface area contributed by atoms with Crippen molar-refractivity contribution < 1.29 is 9.26 Å². The molecule has 0 unspecified atom stereocenters. The number of aryl methyl sites for hydroxylation is 1. The van der Waals surface area contributed by atoms with Crippen LogP contribution in [0.15, 0.2) is 27.2 Å². The number of benzene rings is 1. The van der Waals surface area contributed by atoms with Gasteiger partial charge in [0.2, 0.25) is 11.7 Å². The summed E-state index contributed by atoms with van der Waals surface area (Å²) in [7, 11) is 0. The lowest BCUT2D eigenvalue weighted by Crippen LogP contribution is -2.01. The molecule has 20 heavy (non-hydrogen) atoms.